The van der Waals surface area contributed by atoms with E-state index in [9.17, 15) is 14.7 Å². The molecule has 1 saturated heterocycles. The average Bonchev–Trinajstić information content (AvgIpc) is 3.37. The first-order valence-corrected chi connectivity index (χ1v) is 10.8. The molecule has 5 rings (SSSR count). The number of amides is 1. The summed E-state index contributed by atoms with van der Waals surface area (Å²) in [6.45, 7) is 2.27. The van der Waals surface area contributed by atoms with Gasteiger partial charge >= 0.3 is 0 Å². The first kappa shape index (κ1) is 20.5. The summed E-state index contributed by atoms with van der Waals surface area (Å²) in [5.41, 5.74) is 2.97. The van der Waals surface area contributed by atoms with E-state index in [1.807, 2.05) is 43.3 Å². The summed E-state index contributed by atoms with van der Waals surface area (Å²) in [5, 5.41) is 16.6. The molecule has 2 aromatic heterocycles. The lowest BCUT2D eigenvalue weighted by Crippen LogP contribution is -2.46. The zero-order valence-electron chi connectivity index (χ0n) is 17.7. The summed E-state index contributed by atoms with van der Waals surface area (Å²) in [7, 11) is 0. The van der Waals surface area contributed by atoms with Gasteiger partial charge < -0.3 is 15.0 Å². The Bertz CT molecular complexity index is 1180. The zero-order chi connectivity index (χ0) is 22.2. The summed E-state index contributed by atoms with van der Waals surface area (Å²) in [4.78, 5) is 34.2. The maximum Gasteiger partial charge on any atom is 0.258 e. The number of rotatable bonds is 5. The van der Waals surface area contributed by atoms with Gasteiger partial charge in [-0.05, 0) is 24.6 Å². The van der Waals surface area contributed by atoms with Crippen molar-refractivity contribution in [2.24, 2.45) is 11.8 Å². The Balaban J connectivity index is 1.38. The van der Waals surface area contributed by atoms with Gasteiger partial charge in [-0.2, -0.15) is 0 Å². The molecule has 32 heavy (non-hydrogen) atoms. The summed E-state index contributed by atoms with van der Waals surface area (Å²) >= 11 is 0. The molecule has 1 fully saturated rings. The third kappa shape index (κ3) is 3.41. The highest BCUT2D eigenvalue weighted by Crippen LogP contribution is 2.42. The van der Waals surface area contributed by atoms with E-state index in [0.29, 0.717) is 17.7 Å². The van der Waals surface area contributed by atoms with Crippen LogP contribution in [-0.2, 0) is 11.3 Å². The van der Waals surface area contributed by atoms with Crippen molar-refractivity contribution in [3.63, 3.8) is 0 Å². The van der Waals surface area contributed by atoms with E-state index in [4.69, 9.17) is 0 Å². The molecule has 8 heteroatoms. The molecule has 2 aliphatic heterocycles. The van der Waals surface area contributed by atoms with Gasteiger partial charge in [-0.15, -0.1) is 0 Å². The minimum Gasteiger partial charge on any atom is -0.396 e. The molecule has 2 aliphatic rings. The monoisotopic (exact) mass is 431 g/mol. The number of hydrogen-bond donors (Lipinski definition) is 3. The second kappa shape index (κ2) is 8.29. The van der Waals surface area contributed by atoms with Gasteiger partial charge in [0.2, 0.25) is 5.91 Å². The number of nitrogens with zero attached hydrogens (tertiary/aromatic N) is 3. The van der Waals surface area contributed by atoms with Crippen molar-refractivity contribution in [3.05, 3.63) is 82.8 Å². The van der Waals surface area contributed by atoms with Gasteiger partial charge in [0.15, 0.2) is 0 Å². The average molecular weight is 431 g/mol. The second-order valence-corrected chi connectivity index (χ2v) is 8.49. The third-order valence-corrected chi connectivity index (χ3v) is 6.71. The third-order valence-electron chi connectivity index (χ3n) is 6.71. The van der Waals surface area contributed by atoms with Crippen LogP contribution in [0.3, 0.4) is 0 Å². The molecule has 4 heterocycles. The number of hydrogen-bond acceptors (Lipinski definition) is 6. The van der Waals surface area contributed by atoms with Crippen molar-refractivity contribution < 1.29 is 9.90 Å². The molecule has 0 saturated carbocycles. The van der Waals surface area contributed by atoms with Crippen LogP contribution in [0.4, 0.5) is 0 Å². The Kier molecular flexibility index (Phi) is 5.32. The summed E-state index contributed by atoms with van der Waals surface area (Å²) in [5.74, 6) is -0.467. The predicted octanol–water partition coefficient (Wildman–Crippen LogP) is 1.43. The molecule has 1 aromatic carbocycles. The largest absolute Gasteiger partial charge is 0.396 e. The lowest BCUT2D eigenvalue weighted by Gasteiger charge is -2.23. The number of aliphatic hydroxyl groups is 1. The Hall–Kier alpha value is -3.36. The molecule has 8 nitrogen and oxygen atoms in total. The molecular formula is C24H25N5O3. The molecule has 0 aliphatic carbocycles. The minimum absolute atomic E-state index is 0.0437. The Morgan fingerprint density at radius 1 is 1.22 bits per heavy atom. The molecule has 3 N–H and O–H groups in total. The lowest BCUT2D eigenvalue weighted by atomic mass is 9.88. The number of nitrogens with one attached hydrogen (secondary N) is 2. The van der Waals surface area contributed by atoms with Crippen molar-refractivity contribution in [2.75, 3.05) is 6.61 Å². The molecule has 5 atom stereocenters. The van der Waals surface area contributed by atoms with Gasteiger partial charge in [0.05, 0.1) is 23.7 Å². The molecular weight excluding hydrogens is 406 g/mol. The van der Waals surface area contributed by atoms with E-state index in [1.165, 1.54) is 6.33 Å². The predicted molar refractivity (Wildman–Crippen MR) is 118 cm³/mol. The van der Waals surface area contributed by atoms with Crippen molar-refractivity contribution in [1.29, 1.82) is 0 Å². The number of pyridine rings is 1. The van der Waals surface area contributed by atoms with Crippen molar-refractivity contribution in [3.8, 4) is 11.1 Å². The number of aliphatic hydroxyl groups excluding tert-OH is 1. The quantitative estimate of drug-likeness (QED) is 0.564. The lowest BCUT2D eigenvalue weighted by molar-refractivity contribution is -0.125. The topological polar surface area (TPSA) is 109 Å². The Labute approximate surface area is 185 Å². The van der Waals surface area contributed by atoms with Gasteiger partial charge in [0.1, 0.15) is 6.33 Å². The van der Waals surface area contributed by atoms with Crippen LogP contribution in [0, 0.1) is 11.8 Å². The number of benzene rings is 1. The molecule has 0 unspecified atom stereocenters. The van der Waals surface area contributed by atoms with Crippen LogP contribution in [-0.4, -0.2) is 38.2 Å². The number of aromatic nitrogens is 3. The van der Waals surface area contributed by atoms with Gasteiger partial charge in [-0.3, -0.25) is 14.9 Å². The van der Waals surface area contributed by atoms with E-state index >= 15 is 0 Å². The second-order valence-electron chi connectivity index (χ2n) is 8.49. The smallest absolute Gasteiger partial charge is 0.258 e. The van der Waals surface area contributed by atoms with Gasteiger partial charge in [-0.25, -0.2) is 9.97 Å². The number of carbonyl (C=O) groups excluding carboxylic acids is 1. The van der Waals surface area contributed by atoms with Crippen LogP contribution in [0.2, 0.25) is 0 Å². The van der Waals surface area contributed by atoms with Crippen LogP contribution in [0.25, 0.3) is 11.1 Å². The van der Waals surface area contributed by atoms with Gasteiger partial charge in [-0.1, -0.05) is 30.3 Å². The van der Waals surface area contributed by atoms with Crippen LogP contribution in [0.1, 0.15) is 30.3 Å². The molecule has 0 spiro atoms. The summed E-state index contributed by atoms with van der Waals surface area (Å²) in [6.07, 6.45) is 4.67. The number of carbonyl (C=O) groups is 1. The Morgan fingerprint density at radius 2 is 1.97 bits per heavy atom. The fourth-order valence-electron chi connectivity index (χ4n) is 5.04. The maximum atomic E-state index is 13.1. The van der Waals surface area contributed by atoms with Crippen LogP contribution < -0.4 is 16.2 Å². The van der Waals surface area contributed by atoms with Crippen molar-refractivity contribution in [1.82, 2.24) is 25.2 Å². The fraction of sp³-hybridized carbons (Fsp3) is 0.333. The van der Waals surface area contributed by atoms with E-state index in [0.717, 1.165) is 11.3 Å². The van der Waals surface area contributed by atoms with Crippen LogP contribution in [0.5, 0.6) is 0 Å². The van der Waals surface area contributed by atoms with E-state index in [2.05, 4.69) is 20.6 Å². The summed E-state index contributed by atoms with van der Waals surface area (Å²) < 4.78 is 1.74. The number of fused-ring (bicyclic) bond motifs is 3. The highest BCUT2D eigenvalue weighted by Gasteiger charge is 2.50. The standard InChI is InChI=1S/C24H25N5O3/c1-14(15-5-3-2-4-6-15)27-23(31)22-19(12-30)18-11-29-20(21(18)28-22)8-7-17(24(29)32)16-9-25-13-26-10-16/h2-10,13-14,18-19,21-22,28,30H,11-12H2,1H3,(H,27,31)/t14-,18-,19-,21+,22-/m0/s1. The van der Waals surface area contributed by atoms with E-state index in [-0.39, 0.29) is 42.0 Å². The molecule has 0 bridgehead atoms. The highest BCUT2D eigenvalue weighted by atomic mass is 16.3. The Morgan fingerprint density at radius 3 is 2.69 bits per heavy atom. The van der Waals surface area contributed by atoms with Crippen LogP contribution >= 0.6 is 0 Å². The SMILES string of the molecule is C[C@H](NC(=O)[C@H]1N[C@H]2c3ccc(-c4cncnc4)c(=O)n3C[C@H]2[C@@H]1CO)c1ccccc1. The molecule has 3 aromatic rings. The van der Waals surface area contributed by atoms with Crippen molar-refractivity contribution >= 4 is 5.91 Å². The minimum atomic E-state index is -0.521. The molecule has 0 radical (unpaired) electrons. The first-order chi connectivity index (χ1) is 15.6. The zero-order valence-corrected chi connectivity index (χ0v) is 17.7. The first-order valence-electron chi connectivity index (χ1n) is 10.8. The molecule has 164 valence electrons. The maximum absolute atomic E-state index is 13.1. The normalized spacial score (nSPS) is 24.6. The van der Waals surface area contributed by atoms with Gasteiger partial charge in [0, 0.05) is 48.6 Å². The highest BCUT2D eigenvalue weighted by molar-refractivity contribution is 5.83. The van der Waals surface area contributed by atoms with Crippen molar-refractivity contribution in [2.45, 2.75) is 31.6 Å². The van der Waals surface area contributed by atoms with Crippen LogP contribution in [0.15, 0.2) is 66.0 Å². The van der Waals surface area contributed by atoms with Gasteiger partial charge in [0.25, 0.3) is 5.56 Å². The molecule has 1 amide bonds. The van der Waals surface area contributed by atoms with E-state index in [1.54, 1.807) is 23.0 Å². The summed E-state index contributed by atoms with van der Waals surface area (Å²) in [6, 6.07) is 12.7. The van der Waals surface area contributed by atoms with E-state index < -0.39 is 6.04 Å². The fourth-order valence-corrected chi connectivity index (χ4v) is 5.04.